The van der Waals surface area contributed by atoms with Crippen molar-refractivity contribution >= 4 is 29.0 Å². The zero-order valence-corrected chi connectivity index (χ0v) is 12.7. The van der Waals surface area contributed by atoms with Gasteiger partial charge in [-0.15, -0.1) is 0 Å². The Labute approximate surface area is 128 Å². The number of nitrogens with one attached hydrogen (secondary N) is 2. The summed E-state index contributed by atoms with van der Waals surface area (Å²) in [5.74, 6) is 0.343. The van der Waals surface area contributed by atoms with Gasteiger partial charge in [-0.05, 0) is 31.0 Å². The Bertz CT molecular complexity index is 645. The lowest BCUT2D eigenvalue weighted by atomic mass is 10.2. The van der Waals surface area contributed by atoms with E-state index in [9.17, 15) is 4.79 Å². The van der Waals surface area contributed by atoms with E-state index in [4.69, 9.17) is 11.6 Å². The van der Waals surface area contributed by atoms with Crippen LogP contribution in [0.4, 0.5) is 11.5 Å². The molecule has 0 aliphatic heterocycles. The van der Waals surface area contributed by atoms with Gasteiger partial charge < -0.3 is 10.6 Å². The van der Waals surface area contributed by atoms with Crippen LogP contribution < -0.4 is 10.6 Å². The summed E-state index contributed by atoms with van der Waals surface area (Å²) in [7, 11) is 0. The Morgan fingerprint density at radius 3 is 2.81 bits per heavy atom. The van der Waals surface area contributed by atoms with Gasteiger partial charge in [0.2, 0.25) is 0 Å². The average molecular weight is 305 g/mol. The van der Waals surface area contributed by atoms with Crippen molar-refractivity contribution in [2.24, 2.45) is 0 Å². The second-order valence-electron chi connectivity index (χ2n) is 4.63. The molecule has 0 aliphatic carbocycles. The first-order valence-electron chi connectivity index (χ1n) is 6.73. The van der Waals surface area contributed by atoms with Crippen LogP contribution >= 0.6 is 11.6 Å². The predicted molar refractivity (Wildman–Crippen MR) is 85.0 cm³/mol. The second kappa shape index (κ2) is 7.04. The van der Waals surface area contributed by atoms with E-state index in [-0.39, 0.29) is 5.91 Å². The number of aromatic nitrogens is 2. The van der Waals surface area contributed by atoms with Gasteiger partial charge in [0.1, 0.15) is 17.8 Å². The largest absolute Gasteiger partial charge is 0.370 e. The molecule has 0 unspecified atom stereocenters. The minimum atomic E-state index is -0.295. The van der Waals surface area contributed by atoms with E-state index in [0.717, 1.165) is 18.5 Å². The van der Waals surface area contributed by atoms with Crippen molar-refractivity contribution in [3.63, 3.8) is 0 Å². The van der Waals surface area contributed by atoms with Crippen molar-refractivity contribution in [3.8, 4) is 0 Å². The molecule has 5 nitrogen and oxygen atoms in total. The maximum absolute atomic E-state index is 12.2. The molecule has 1 aromatic heterocycles. The van der Waals surface area contributed by atoms with Gasteiger partial charge in [-0.2, -0.15) is 0 Å². The minimum Gasteiger partial charge on any atom is -0.370 e. The molecule has 1 amide bonds. The van der Waals surface area contributed by atoms with Gasteiger partial charge in [0.05, 0.1) is 0 Å². The van der Waals surface area contributed by atoms with Crippen LogP contribution in [0.15, 0.2) is 30.6 Å². The zero-order chi connectivity index (χ0) is 15.2. The number of aryl methyl sites for hydroxylation is 1. The van der Waals surface area contributed by atoms with Gasteiger partial charge in [-0.3, -0.25) is 4.79 Å². The molecule has 1 aromatic carbocycles. The summed E-state index contributed by atoms with van der Waals surface area (Å²) in [6.07, 6.45) is 2.35. The van der Waals surface area contributed by atoms with Crippen LogP contribution in [-0.2, 0) is 0 Å². The SMILES string of the molecule is CCCNc1cc(C(=O)Nc2ccc(C)c(Cl)c2)ncn1. The topological polar surface area (TPSA) is 66.9 Å². The summed E-state index contributed by atoms with van der Waals surface area (Å²) in [5, 5.41) is 6.50. The summed E-state index contributed by atoms with van der Waals surface area (Å²) in [6.45, 7) is 4.76. The van der Waals surface area contributed by atoms with Gasteiger partial charge >= 0.3 is 0 Å². The molecular weight excluding hydrogens is 288 g/mol. The summed E-state index contributed by atoms with van der Waals surface area (Å²) in [4.78, 5) is 20.2. The highest BCUT2D eigenvalue weighted by atomic mass is 35.5. The molecule has 0 saturated heterocycles. The van der Waals surface area contributed by atoms with E-state index in [2.05, 4.69) is 27.5 Å². The normalized spacial score (nSPS) is 10.2. The van der Waals surface area contributed by atoms with Crippen molar-refractivity contribution in [3.05, 3.63) is 46.9 Å². The molecule has 0 aliphatic rings. The van der Waals surface area contributed by atoms with Crippen LogP contribution in [0.1, 0.15) is 29.4 Å². The average Bonchev–Trinajstić information content (AvgIpc) is 2.49. The molecule has 0 spiro atoms. The third-order valence-electron chi connectivity index (χ3n) is 2.89. The van der Waals surface area contributed by atoms with Gasteiger partial charge in [0.15, 0.2) is 0 Å². The van der Waals surface area contributed by atoms with E-state index < -0.39 is 0 Å². The molecule has 2 N–H and O–H groups in total. The summed E-state index contributed by atoms with van der Waals surface area (Å²) in [5.41, 5.74) is 1.90. The Morgan fingerprint density at radius 1 is 1.29 bits per heavy atom. The van der Waals surface area contributed by atoms with Crippen LogP contribution in [0.25, 0.3) is 0 Å². The zero-order valence-electron chi connectivity index (χ0n) is 12.0. The van der Waals surface area contributed by atoms with Gasteiger partial charge in [-0.25, -0.2) is 9.97 Å². The predicted octanol–water partition coefficient (Wildman–Crippen LogP) is 3.51. The Hall–Kier alpha value is -2.14. The van der Waals surface area contributed by atoms with E-state index in [1.165, 1.54) is 6.33 Å². The molecular formula is C15H17ClN4O. The van der Waals surface area contributed by atoms with E-state index in [1.807, 2.05) is 13.0 Å². The Kier molecular flexibility index (Phi) is 5.11. The van der Waals surface area contributed by atoms with E-state index >= 15 is 0 Å². The summed E-state index contributed by atoms with van der Waals surface area (Å²) >= 11 is 6.04. The fourth-order valence-electron chi connectivity index (χ4n) is 1.70. The van der Waals surface area contributed by atoms with Crippen molar-refractivity contribution in [1.29, 1.82) is 0 Å². The van der Waals surface area contributed by atoms with Crippen molar-refractivity contribution in [2.75, 3.05) is 17.2 Å². The lowest BCUT2D eigenvalue weighted by Crippen LogP contribution is -2.15. The van der Waals surface area contributed by atoms with Crippen LogP contribution in [0.3, 0.4) is 0 Å². The first-order chi connectivity index (χ1) is 10.1. The van der Waals surface area contributed by atoms with Gasteiger partial charge in [0, 0.05) is 23.3 Å². The maximum Gasteiger partial charge on any atom is 0.274 e. The van der Waals surface area contributed by atoms with Gasteiger partial charge in [-0.1, -0.05) is 24.6 Å². The molecule has 0 bridgehead atoms. The van der Waals surface area contributed by atoms with Gasteiger partial charge in [0.25, 0.3) is 5.91 Å². The molecule has 1 heterocycles. The van der Waals surface area contributed by atoms with Crippen LogP contribution in [0.2, 0.25) is 5.02 Å². The lowest BCUT2D eigenvalue weighted by Gasteiger charge is -2.08. The summed E-state index contributed by atoms with van der Waals surface area (Å²) < 4.78 is 0. The first kappa shape index (κ1) is 15.3. The fourth-order valence-corrected chi connectivity index (χ4v) is 1.88. The molecule has 21 heavy (non-hydrogen) atoms. The highest BCUT2D eigenvalue weighted by Crippen LogP contribution is 2.20. The third kappa shape index (κ3) is 4.16. The standard InChI is InChI=1S/C15H17ClN4O/c1-3-6-17-14-8-13(18-9-19-14)15(21)20-11-5-4-10(2)12(16)7-11/h4-5,7-9H,3,6H2,1-2H3,(H,20,21)(H,17,18,19). The highest BCUT2D eigenvalue weighted by molar-refractivity contribution is 6.31. The molecule has 0 radical (unpaired) electrons. The smallest absolute Gasteiger partial charge is 0.274 e. The number of hydrogen-bond donors (Lipinski definition) is 2. The number of carbonyl (C=O) groups is 1. The second-order valence-corrected chi connectivity index (χ2v) is 5.04. The van der Waals surface area contributed by atoms with Crippen molar-refractivity contribution in [1.82, 2.24) is 9.97 Å². The van der Waals surface area contributed by atoms with Crippen molar-refractivity contribution < 1.29 is 4.79 Å². The number of amides is 1. The van der Waals surface area contributed by atoms with E-state index in [0.29, 0.717) is 22.2 Å². The van der Waals surface area contributed by atoms with Crippen molar-refractivity contribution in [2.45, 2.75) is 20.3 Å². The van der Waals surface area contributed by atoms with Crippen LogP contribution in [0, 0.1) is 6.92 Å². The Morgan fingerprint density at radius 2 is 2.10 bits per heavy atom. The molecule has 0 saturated carbocycles. The number of carbonyl (C=O) groups excluding carboxylic acids is 1. The fraction of sp³-hybridized carbons (Fsp3) is 0.267. The quantitative estimate of drug-likeness (QED) is 0.887. The van der Waals surface area contributed by atoms with E-state index in [1.54, 1.807) is 18.2 Å². The highest BCUT2D eigenvalue weighted by Gasteiger charge is 2.09. The minimum absolute atomic E-state index is 0.295. The molecule has 2 aromatic rings. The third-order valence-corrected chi connectivity index (χ3v) is 3.29. The molecule has 2 rings (SSSR count). The Balaban J connectivity index is 2.10. The molecule has 0 fully saturated rings. The summed E-state index contributed by atoms with van der Waals surface area (Å²) in [6, 6.07) is 7.00. The number of nitrogens with zero attached hydrogens (tertiary/aromatic N) is 2. The first-order valence-corrected chi connectivity index (χ1v) is 7.11. The number of benzene rings is 1. The lowest BCUT2D eigenvalue weighted by molar-refractivity contribution is 0.102. The number of rotatable bonds is 5. The number of halogens is 1. The maximum atomic E-state index is 12.2. The van der Waals surface area contributed by atoms with Crippen LogP contribution in [-0.4, -0.2) is 22.4 Å². The number of anilines is 2. The molecule has 6 heteroatoms. The molecule has 110 valence electrons. The monoisotopic (exact) mass is 304 g/mol. The number of hydrogen-bond acceptors (Lipinski definition) is 4. The van der Waals surface area contributed by atoms with Crippen LogP contribution in [0.5, 0.6) is 0 Å². The molecule has 0 atom stereocenters.